The van der Waals surface area contributed by atoms with E-state index in [4.69, 9.17) is 0 Å². The maximum atomic E-state index is 12.8. The standard InChI is InChI=1S/C14H15N7O/c22-14(12-9-17-21-7-2-4-15-13(12)21)19-6-1-3-11(10-19)20-8-5-16-18-20/h2,4-5,7-9,11H,1,3,6,10H2. The number of likely N-dealkylation sites (tertiary alicyclic amines) is 1. The summed E-state index contributed by atoms with van der Waals surface area (Å²) in [6.45, 7) is 1.38. The van der Waals surface area contributed by atoms with Crippen molar-refractivity contribution in [2.75, 3.05) is 13.1 Å². The highest BCUT2D eigenvalue weighted by Gasteiger charge is 2.27. The lowest BCUT2D eigenvalue weighted by atomic mass is 10.1. The molecule has 8 nitrogen and oxygen atoms in total. The SMILES string of the molecule is O=C(c1cnn2cccnc12)N1CCCC(n2ccnn2)C1. The minimum Gasteiger partial charge on any atom is -0.336 e. The number of hydrogen-bond donors (Lipinski definition) is 0. The minimum atomic E-state index is -0.0292. The highest BCUT2D eigenvalue weighted by molar-refractivity contribution is 5.99. The van der Waals surface area contributed by atoms with Crippen molar-refractivity contribution in [3.05, 3.63) is 42.6 Å². The van der Waals surface area contributed by atoms with Gasteiger partial charge in [-0.2, -0.15) is 5.10 Å². The van der Waals surface area contributed by atoms with Crippen LogP contribution in [0.25, 0.3) is 5.65 Å². The van der Waals surface area contributed by atoms with Crippen LogP contribution in [0, 0.1) is 0 Å². The van der Waals surface area contributed by atoms with E-state index in [1.807, 2.05) is 15.8 Å². The average Bonchev–Trinajstić information content (AvgIpc) is 3.24. The van der Waals surface area contributed by atoms with Gasteiger partial charge in [0, 0.05) is 31.7 Å². The van der Waals surface area contributed by atoms with Crippen LogP contribution in [0.5, 0.6) is 0 Å². The van der Waals surface area contributed by atoms with Crippen LogP contribution in [0.3, 0.4) is 0 Å². The maximum absolute atomic E-state index is 12.8. The zero-order valence-corrected chi connectivity index (χ0v) is 11.9. The van der Waals surface area contributed by atoms with Crippen LogP contribution in [0.1, 0.15) is 29.2 Å². The molecule has 1 unspecified atom stereocenters. The third-order valence-electron chi connectivity index (χ3n) is 4.01. The van der Waals surface area contributed by atoms with Crippen molar-refractivity contribution in [1.82, 2.24) is 34.5 Å². The van der Waals surface area contributed by atoms with E-state index in [0.717, 1.165) is 19.4 Å². The number of nitrogens with zero attached hydrogens (tertiary/aromatic N) is 7. The Labute approximate surface area is 126 Å². The van der Waals surface area contributed by atoms with Crippen LogP contribution in [0.2, 0.25) is 0 Å². The number of hydrogen-bond acceptors (Lipinski definition) is 5. The van der Waals surface area contributed by atoms with E-state index in [2.05, 4.69) is 20.4 Å². The van der Waals surface area contributed by atoms with Gasteiger partial charge in [-0.3, -0.25) is 4.79 Å². The molecule has 0 aromatic carbocycles. The molecule has 22 heavy (non-hydrogen) atoms. The molecule has 0 spiro atoms. The van der Waals surface area contributed by atoms with Crippen LogP contribution in [0.15, 0.2) is 37.1 Å². The molecule has 0 radical (unpaired) electrons. The van der Waals surface area contributed by atoms with Crippen molar-refractivity contribution in [1.29, 1.82) is 0 Å². The van der Waals surface area contributed by atoms with Crippen molar-refractivity contribution in [3.8, 4) is 0 Å². The lowest BCUT2D eigenvalue weighted by molar-refractivity contribution is 0.0673. The lowest BCUT2D eigenvalue weighted by Gasteiger charge is -2.32. The predicted octanol–water partition coefficient (Wildman–Crippen LogP) is 0.798. The predicted molar refractivity (Wildman–Crippen MR) is 77.2 cm³/mol. The van der Waals surface area contributed by atoms with Crippen molar-refractivity contribution < 1.29 is 4.79 Å². The molecule has 0 bridgehead atoms. The van der Waals surface area contributed by atoms with Gasteiger partial charge in [0.05, 0.1) is 18.4 Å². The monoisotopic (exact) mass is 297 g/mol. The average molecular weight is 297 g/mol. The highest BCUT2D eigenvalue weighted by Crippen LogP contribution is 2.22. The number of fused-ring (bicyclic) bond motifs is 1. The zero-order chi connectivity index (χ0) is 14.9. The Bertz CT molecular complexity index is 794. The first-order valence-electron chi connectivity index (χ1n) is 7.26. The third kappa shape index (κ3) is 2.12. The molecule has 1 fully saturated rings. The molecule has 1 atom stereocenters. The normalized spacial score (nSPS) is 18.7. The summed E-state index contributed by atoms with van der Waals surface area (Å²) in [6.07, 6.45) is 10.5. The molecular weight excluding hydrogens is 282 g/mol. The van der Waals surface area contributed by atoms with Gasteiger partial charge in [-0.25, -0.2) is 14.2 Å². The summed E-state index contributed by atoms with van der Waals surface area (Å²) in [7, 11) is 0. The van der Waals surface area contributed by atoms with E-state index in [1.165, 1.54) is 0 Å². The third-order valence-corrected chi connectivity index (χ3v) is 4.01. The van der Waals surface area contributed by atoms with Crippen molar-refractivity contribution in [2.24, 2.45) is 0 Å². The summed E-state index contributed by atoms with van der Waals surface area (Å²) >= 11 is 0. The first kappa shape index (κ1) is 12.9. The number of amides is 1. The molecule has 1 aliphatic rings. The Hall–Kier alpha value is -2.77. The van der Waals surface area contributed by atoms with E-state index < -0.39 is 0 Å². The summed E-state index contributed by atoms with van der Waals surface area (Å²) in [5, 5.41) is 12.1. The van der Waals surface area contributed by atoms with Crippen LogP contribution >= 0.6 is 0 Å². The number of carbonyl (C=O) groups is 1. The molecule has 112 valence electrons. The minimum absolute atomic E-state index is 0.0292. The molecule has 1 aliphatic heterocycles. The Morgan fingerprint density at radius 1 is 1.27 bits per heavy atom. The second-order valence-electron chi connectivity index (χ2n) is 5.38. The number of aromatic nitrogens is 6. The van der Waals surface area contributed by atoms with E-state index >= 15 is 0 Å². The lowest BCUT2D eigenvalue weighted by Crippen LogP contribution is -2.40. The van der Waals surface area contributed by atoms with E-state index in [1.54, 1.807) is 35.4 Å². The molecule has 8 heteroatoms. The first-order chi connectivity index (χ1) is 10.8. The van der Waals surface area contributed by atoms with E-state index in [-0.39, 0.29) is 11.9 Å². The highest BCUT2D eigenvalue weighted by atomic mass is 16.2. The van der Waals surface area contributed by atoms with Gasteiger partial charge in [0.2, 0.25) is 0 Å². The van der Waals surface area contributed by atoms with Gasteiger partial charge in [0.1, 0.15) is 5.56 Å². The Balaban J connectivity index is 1.60. The molecule has 0 N–H and O–H groups in total. The summed E-state index contributed by atoms with van der Waals surface area (Å²) in [5.41, 5.74) is 1.13. The maximum Gasteiger partial charge on any atom is 0.259 e. The number of carbonyl (C=O) groups excluding carboxylic acids is 1. The van der Waals surface area contributed by atoms with Gasteiger partial charge in [-0.1, -0.05) is 5.21 Å². The van der Waals surface area contributed by atoms with Gasteiger partial charge in [0.25, 0.3) is 5.91 Å². The Morgan fingerprint density at radius 2 is 2.23 bits per heavy atom. The molecule has 4 rings (SSSR count). The van der Waals surface area contributed by atoms with Crippen molar-refractivity contribution in [2.45, 2.75) is 18.9 Å². The van der Waals surface area contributed by atoms with E-state index in [9.17, 15) is 4.79 Å². The van der Waals surface area contributed by atoms with Gasteiger partial charge >= 0.3 is 0 Å². The molecular formula is C14H15N7O. The number of rotatable bonds is 2. The fraction of sp³-hybridized carbons (Fsp3) is 0.357. The van der Waals surface area contributed by atoms with Gasteiger partial charge in [0.15, 0.2) is 5.65 Å². The smallest absolute Gasteiger partial charge is 0.259 e. The topological polar surface area (TPSA) is 81.2 Å². The van der Waals surface area contributed by atoms with Crippen LogP contribution in [-0.4, -0.2) is 53.5 Å². The van der Waals surface area contributed by atoms with Gasteiger partial charge in [-0.05, 0) is 18.9 Å². The molecule has 0 saturated carbocycles. The Kier molecular flexibility index (Phi) is 3.06. The molecule has 4 heterocycles. The Morgan fingerprint density at radius 3 is 3.09 bits per heavy atom. The summed E-state index contributed by atoms with van der Waals surface area (Å²) in [4.78, 5) is 18.9. The molecule has 3 aromatic rings. The van der Waals surface area contributed by atoms with Gasteiger partial charge < -0.3 is 4.90 Å². The van der Waals surface area contributed by atoms with E-state index in [0.29, 0.717) is 17.8 Å². The summed E-state index contributed by atoms with van der Waals surface area (Å²) < 4.78 is 3.44. The van der Waals surface area contributed by atoms with Crippen LogP contribution in [0.4, 0.5) is 0 Å². The van der Waals surface area contributed by atoms with Gasteiger partial charge in [-0.15, -0.1) is 5.10 Å². The molecule has 3 aromatic heterocycles. The summed E-state index contributed by atoms with van der Waals surface area (Å²) in [6, 6.07) is 1.96. The second-order valence-corrected chi connectivity index (χ2v) is 5.38. The van der Waals surface area contributed by atoms with Crippen LogP contribution in [-0.2, 0) is 0 Å². The van der Waals surface area contributed by atoms with Crippen molar-refractivity contribution >= 4 is 11.6 Å². The molecule has 1 amide bonds. The van der Waals surface area contributed by atoms with Crippen molar-refractivity contribution in [3.63, 3.8) is 0 Å². The number of piperidine rings is 1. The fourth-order valence-corrected chi connectivity index (χ4v) is 2.92. The molecule has 1 saturated heterocycles. The first-order valence-corrected chi connectivity index (χ1v) is 7.26. The van der Waals surface area contributed by atoms with Crippen LogP contribution < -0.4 is 0 Å². The fourth-order valence-electron chi connectivity index (χ4n) is 2.92. The summed E-state index contributed by atoms with van der Waals surface area (Å²) in [5.74, 6) is -0.0292. The largest absolute Gasteiger partial charge is 0.336 e. The quantitative estimate of drug-likeness (QED) is 0.699. The zero-order valence-electron chi connectivity index (χ0n) is 11.9. The second kappa shape index (κ2) is 5.21. The molecule has 0 aliphatic carbocycles.